The first-order valence-corrected chi connectivity index (χ1v) is 10.6. The number of aromatic nitrogens is 2. The van der Waals surface area contributed by atoms with Crippen LogP contribution >= 0.6 is 12.4 Å². The van der Waals surface area contributed by atoms with Crippen molar-refractivity contribution in [2.24, 2.45) is 13.0 Å². The van der Waals surface area contributed by atoms with Crippen molar-refractivity contribution in [3.05, 3.63) is 53.3 Å². The molecule has 1 aromatic carbocycles. The van der Waals surface area contributed by atoms with Gasteiger partial charge in [-0.15, -0.1) is 12.4 Å². The number of amides is 1. The van der Waals surface area contributed by atoms with E-state index in [1.807, 2.05) is 24.1 Å². The van der Waals surface area contributed by atoms with Crippen LogP contribution in [0.25, 0.3) is 0 Å². The van der Waals surface area contributed by atoms with Crippen molar-refractivity contribution in [1.29, 1.82) is 0 Å². The number of aryl methyl sites for hydroxylation is 2. The third kappa shape index (κ3) is 4.67. The lowest BCUT2D eigenvalue weighted by Gasteiger charge is -2.38. The second-order valence-corrected chi connectivity index (χ2v) is 8.75. The summed E-state index contributed by atoms with van der Waals surface area (Å²) >= 11 is 0. The van der Waals surface area contributed by atoms with E-state index in [2.05, 4.69) is 46.9 Å². The van der Waals surface area contributed by atoms with Gasteiger partial charge in [0.2, 0.25) is 5.91 Å². The van der Waals surface area contributed by atoms with Gasteiger partial charge < -0.3 is 10.6 Å². The molecule has 0 bridgehead atoms. The molecule has 1 aromatic heterocycles. The fourth-order valence-corrected chi connectivity index (χ4v) is 5.09. The maximum Gasteiger partial charge on any atom is 0.225 e. The third-order valence-corrected chi connectivity index (χ3v) is 6.75. The lowest BCUT2D eigenvalue weighted by molar-refractivity contribution is -0.125. The van der Waals surface area contributed by atoms with Gasteiger partial charge in [-0.1, -0.05) is 49.1 Å². The fraction of sp³-hybridized carbons (Fsp3) is 0.565. The molecule has 1 saturated heterocycles. The number of hydrogen-bond donors (Lipinski definition) is 2. The van der Waals surface area contributed by atoms with Crippen molar-refractivity contribution in [2.45, 2.75) is 50.4 Å². The van der Waals surface area contributed by atoms with Gasteiger partial charge in [-0.2, -0.15) is 5.10 Å². The van der Waals surface area contributed by atoms with E-state index < -0.39 is 0 Å². The fourth-order valence-electron chi connectivity index (χ4n) is 5.09. The van der Waals surface area contributed by atoms with Crippen LogP contribution in [0.5, 0.6) is 0 Å². The molecule has 2 aliphatic rings. The summed E-state index contributed by atoms with van der Waals surface area (Å²) in [5, 5.41) is 11.0. The number of carbonyl (C=O) groups excluding carboxylic acids is 1. The molecule has 2 heterocycles. The topological polar surface area (TPSA) is 59.0 Å². The molecule has 0 unspecified atom stereocenters. The summed E-state index contributed by atoms with van der Waals surface area (Å²) in [5.74, 6) is 0.355. The predicted octanol–water partition coefficient (Wildman–Crippen LogP) is 3.47. The molecule has 1 saturated carbocycles. The molecule has 1 aliphatic heterocycles. The predicted molar refractivity (Wildman–Crippen MR) is 119 cm³/mol. The Morgan fingerprint density at radius 2 is 2.07 bits per heavy atom. The zero-order chi connectivity index (χ0) is 19.6. The lowest BCUT2D eigenvalue weighted by Crippen LogP contribution is -2.45. The molecule has 4 rings (SSSR count). The van der Waals surface area contributed by atoms with Gasteiger partial charge in [-0.25, -0.2) is 0 Å². The van der Waals surface area contributed by atoms with Crippen LogP contribution in [0.3, 0.4) is 0 Å². The summed E-state index contributed by atoms with van der Waals surface area (Å²) in [5.41, 5.74) is 3.92. The summed E-state index contributed by atoms with van der Waals surface area (Å²) in [7, 11) is 1.93. The second kappa shape index (κ2) is 9.31. The first-order chi connectivity index (χ1) is 13.6. The largest absolute Gasteiger partial charge is 0.355 e. The minimum atomic E-state index is -0.0256. The van der Waals surface area contributed by atoms with E-state index in [1.54, 1.807) is 0 Å². The second-order valence-electron chi connectivity index (χ2n) is 8.75. The van der Waals surface area contributed by atoms with Gasteiger partial charge in [-0.05, 0) is 30.9 Å². The van der Waals surface area contributed by atoms with Crippen LogP contribution in [-0.4, -0.2) is 35.3 Å². The first kappa shape index (κ1) is 21.8. The van der Waals surface area contributed by atoms with E-state index in [0.29, 0.717) is 0 Å². The van der Waals surface area contributed by atoms with E-state index in [0.717, 1.165) is 38.0 Å². The zero-order valence-electron chi connectivity index (χ0n) is 17.5. The van der Waals surface area contributed by atoms with Crippen molar-refractivity contribution in [1.82, 2.24) is 20.4 Å². The molecule has 2 N–H and O–H groups in total. The van der Waals surface area contributed by atoms with E-state index in [1.165, 1.54) is 30.4 Å². The van der Waals surface area contributed by atoms with Gasteiger partial charge >= 0.3 is 0 Å². The van der Waals surface area contributed by atoms with Gasteiger partial charge in [0.1, 0.15) is 0 Å². The molecular formula is C23H33ClN4O. The van der Waals surface area contributed by atoms with Crippen molar-refractivity contribution >= 4 is 18.3 Å². The average molecular weight is 417 g/mol. The van der Waals surface area contributed by atoms with E-state index in [4.69, 9.17) is 0 Å². The zero-order valence-corrected chi connectivity index (χ0v) is 18.3. The van der Waals surface area contributed by atoms with Gasteiger partial charge in [0.15, 0.2) is 0 Å². The minimum Gasteiger partial charge on any atom is -0.355 e. The number of nitrogens with one attached hydrogen (secondary N) is 2. The van der Waals surface area contributed by atoms with Crippen molar-refractivity contribution < 1.29 is 4.79 Å². The van der Waals surface area contributed by atoms with Crippen LogP contribution in [-0.2, 0) is 17.3 Å². The van der Waals surface area contributed by atoms with Crippen LogP contribution in [0.4, 0.5) is 0 Å². The Kier molecular flexibility index (Phi) is 7.01. The number of benzene rings is 1. The number of hydrogen-bond acceptors (Lipinski definition) is 3. The van der Waals surface area contributed by atoms with Crippen LogP contribution < -0.4 is 10.6 Å². The molecule has 2 fully saturated rings. The molecule has 158 valence electrons. The molecule has 1 amide bonds. The molecule has 5 nitrogen and oxygen atoms in total. The van der Waals surface area contributed by atoms with Gasteiger partial charge in [0.25, 0.3) is 0 Å². The van der Waals surface area contributed by atoms with E-state index in [-0.39, 0.29) is 35.6 Å². The van der Waals surface area contributed by atoms with Crippen molar-refractivity contribution in [2.75, 3.05) is 19.6 Å². The number of carbonyl (C=O) groups is 1. The van der Waals surface area contributed by atoms with Crippen LogP contribution in [0.1, 0.15) is 54.7 Å². The molecule has 0 spiro atoms. The molecular weight excluding hydrogens is 384 g/mol. The van der Waals surface area contributed by atoms with Crippen molar-refractivity contribution in [3.8, 4) is 0 Å². The number of nitrogens with zero attached hydrogens (tertiary/aromatic N) is 2. The van der Waals surface area contributed by atoms with Gasteiger partial charge in [0, 0.05) is 44.2 Å². The molecule has 6 heteroatoms. The quantitative estimate of drug-likeness (QED) is 0.784. The third-order valence-electron chi connectivity index (χ3n) is 6.75. The summed E-state index contributed by atoms with van der Waals surface area (Å²) in [6.45, 7) is 4.47. The Balaban J connectivity index is 0.00000240. The van der Waals surface area contributed by atoms with Crippen LogP contribution in [0, 0.1) is 12.8 Å². The highest BCUT2D eigenvalue weighted by atomic mass is 35.5. The minimum absolute atomic E-state index is 0. The van der Waals surface area contributed by atoms with Gasteiger partial charge in [-0.3, -0.25) is 9.48 Å². The first-order valence-electron chi connectivity index (χ1n) is 10.6. The van der Waals surface area contributed by atoms with Crippen LogP contribution in [0.2, 0.25) is 0 Å². The molecule has 2 atom stereocenters. The van der Waals surface area contributed by atoms with Crippen LogP contribution in [0.15, 0.2) is 36.7 Å². The molecule has 29 heavy (non-hydrogen) atoms. The number of halogens is 1. The molecule has 1 aliphatic carbocycles. The molecule has 2 aromatic rings. The Hall–Kier alpha value is -1.85. The van der Waals surface area contributed by atoms with Crippen molar-refractivity contribution in [3.63, 3.8) is 0 Å². The highest BCUT2D eigenvalue weighted by molar-refractivity contribution is 5.85. The monoisotopic (exact) mass is 416 g/mol. The van der Waals surface area contributed by atoms with E-state index >= 15 is 0 Å². The highest BCUT2D eigenvalue weighted by Crippen LogP contribution is 2.39. The Morgan fingerprint density at radius 3 is 2.76 bits per heavy atom. The number of rotatable bonds is 5. The Bertz CT molecular complexity index is 828. The summed E-state index contributed by atoms with van der Waals surface area (Å²) in [6.07, 6.45) is 10.0. The maximum absolute atomic E-state index is 13.1. The lowest BCUT2D eigenvalue weighted by atomic mass is 9.69. The smallest absolute Gasteiger partial charge is 0.225 e. The highest BCUT2D eigenvalue weighted by Gasteiger charge is 2.38. The van der Waals surface area contributed by atoms with Gasteiger partial charge in [0.05, 0.1) is 12.1 Å². The Morgan fingerprint density at radius 1 is 1.28 bits per heavy atom. The summed E-state index contributed by atoms with van der Waals surface area (Å²) < 4.78 is 1.82. The molecule has 0 radical (unpaired) electrons. The SMILES string of the molecule is Cc1cccc(C2(CNC(=O)[C@H]3CNC[C@@H]3c3cnn(C)c3)CCCCC2)c1.Cl. The van der Waals surface area contributed by atoms with E-state index in [9.17, 15) is 4.79 Å². The summed E-state index contributed by atoms with van der Waals surface area (Å²) in [4.78, 5) is 13.1. The summed E-state index contributed by atoms with van der Waals surface area (Å²) in [6, 6.07) is 8.87. The normalized spacial score (nSPS) is 23.4. The standard InChI is InChI=1S/C23H32N4O.ClH/c1-17-7-6-8-19(11-17)23(9-4-3-5-10-23)16-25-22(28)21-14-24-13-20(21)18-12-26-27(2)15-18;/h6-8,11-12,15,20-21,24H,3-5,9-10,13-14,16H2,1-2H3,(H,25,28);1H/t20-,21+;/m1./s1. The Labute approximate surface area is 180 Å². The maximum atomic E-state index is 13.1. The average Bonchev–Trinajstić information content (AvgIpc) is 3.36.